The van der Waals surface area contributed by atoms with Gasteiger partial charge in [-0.2, -0.15) is 15.0 Å². The van der Waals surface area contributed by atoms with Crippen LogP contribution in [0.15, 0.2) is 132 Å². The molecular formula is C84H106N21O8+. The van der Waals surface area contributed by atoms with Crippen LogP contribution in [-0.2, 0) is 49.8 Å². The van der Waals surface area contributed by atoms with Crippen LogP contribution >= 0.6 is 0 Å². The van der Waals surface area contributed by atoms with Gasteiger partial charge in [0.1, 0.15) is 60.3 Å². The van der Waals surface area contributed by atoms with Crippen molar-refractivity contribution in [1.29, 1.82) is 0 Å². The van der Waals surface area contributed by atoms with Crippen LogP contribution in [0.5, 0.6) is 11.5 Å². The molecule has 7 N–H and O–H groups in total. The Bertz CT molecular complexity index is 4730. The third-order valence-electron chi connectivity index (χ3n) is 22.4. The van der Waals surface area contributed by atoms with Gasteiger partial charge >= 0.3 is 0 Å². The fraction of sp³-hybridized carbons (Fsp3) is 0.476. The van der Waals surface area contributed by atoms with Crippen molar-refractivity contribution in [2.45, 2.75) is 129 Å². The molecule has 594 valence electrons. The van der Waals surface area contributed by atoms with Crippen molar-refractivity contribution in [2.75, 3.05) is 138 Å². The molecule has 4 saturated heterocycles. The lowest BCUT2D eigenvalue weighted by molar-refractivity contribution is -0.136. The second kappa shape index (κ2) is 37.6. The largest absolute Gasteiger partial charge is 0.508 e. The number of nitrogens with one attached hydrogen (secondary N) is 1. The lowest BCUT2D eigenvalue weighted by Gasteiger charge is -2.38. The summed E-state index contributed by atoms with van der Waals surface area (Å²) in [4.78, 5) is 54.7. The van der Waals surface area contributed by atoms with Crippen molar-refractivity contribution in [2.24, 2.45) is 23.3 Å². The number of rotatable bonds is 31. The van der Waals surface area contributed by atoms with Crippen molar-refractivity contribution >= 4 is 46.3 Å². The monoisotopic (exact) mass is 1540 g/mol. The van der Waals surface area contributed by atoms with Gasteiger partial charge in [0.05, 0.1) is 87.8 Å². The molecule has 29 heteroatoms. The van der Waals surface area contributed by atoms with E-state index in [1.165, 1.54) is 49.6 Å². The number of benzene rings is 5. The number of nitrogens with zero attached hydrogens (tertiary/aromatic N) is 18. The van der Waals surface area contributed by atoms with E-state index in [2.05, 4.69) is 156 Å². The molecule has 6 atom stereocenters. The van der Waals surface area contributed by atoms with E-state index in [0.717, 1.165) is 89.1 Å². The number of amides is 2. The maximum absolute atomic E-state index is 14.7. The van der Waals surface area contributed by atoms with E-state index in [-0.39, 0.29) is 53.8 Å². The molecule has 0 unspecified atom stereocenters. The van der Waals surface area contributed by atoms with Gasteiger partial charge in [0.15, 0.2) is 0 Å². The van der Waals surface area contributed by atoms with E-state index in [9.17, 15) is 19.8 Å². The first-order valence-electron chi connectivity index (χ1n) is 40.2. The number of nitrogens with two attached hydrogens (primary N) is 2. The molecule has 0 spiro atoms. The van der Waals surface area contributed by atoms with Crippen molar-refractivity contribution in [1.82, 2.24) is 74.3 Å². The highest BCUT2D eigenvalue weighted by Crippen LogP contribution is 2.42. The molecule has 0 saturated carbocycles. The molecule has 4 aromatic heterocycles. The van der Waals surface area contributed by atoms with Gasteiger partial charge in [0.25, 0.3) is 0 Å². The summed E-state index contributed by atoms with van der Waals surface area (Å²) >= 11 is 0. The van der Waals surface area contributed by atoms with Crippen LogP contribution in [0.1, 0.15) is 137 Å². The molecule has 29 nitrogen and oxygen atoms in total. The standard InChI is InChI=1S/C84H105N21O8/c1-5-58(3)78(85)71-55-104(95-92-71)73(50-61-17-25-67(106)26-18-61)80(108)99-37-41-101(42-38-99)83-88-82(89-84(90-83)102-43-39-100(40-44-102)81(109)74(51-62-19-27-68(107)28-20-62)105-56-72(93-96-105)79(86)59(4)6-2)87-31-45-110-46-47-111-48-49-112-57-64-54-103(94-91-64)36-13-14-60-15-21-63(22-16-60)77-69-29-23-65(97-32-9-7-10-33-97)52-75(69)113-76-53-66(24-30-70(76)77)98-34-11-8-12-35-98/h15-30,52-56,58-59,73-74,78-79H,5-12,31-51,57,85-86H2,1-4H3,(H2-,87,88,89,90,106,107)/p+1/t58-,59-,73-,74-,78-,79-/m0/s1. The number of phenolic OH excluding ortho intramolecular Hbond substituents is 2. The zero-order chi connectivity index (χ0) is 78.2. The summed E-state index contributed by atoms with van der Waals surface area (Å²) in [7, 11) is 0. The summed E-state index contributed by atoms with van der Waals surface area (Å²) in [5.74, 6) is 9.05. The summed E-state index contributed by atoms with van der Waals surface area (Å²) in [6, 6.07) is 33.5. The lowest BCUT2D eigenvalue weighted by atomic mass is 9.93. The lowest BCUT2D eigenvalue weighted by Crippen LogP contribution is -2.52. The molecule has 9 heterocycles. The molecule has 4 fully saturated rings. The number of carbonyl (C=O) groups is 2. The highest BCUT2D eigenvalue weighted by atomic mass is 16.5. The number of fused-ring (bicyclic) bond motifs is 2. The topological polar surface area (TPSA) is 330 Å². The molecule has 5 aliphatic heterocycles. The van der Waals surface area contributed by atoms with Crippen molar-refractivity contribution < 1.29 is 38.4 Å². The van der Waals surface area contributed by atoms with Gasteiger partial charge in [-0.05, 0) is 109 Å². The van der Waals surface area contributed by atoms with Gasteiger partial charge in [-0.1, -0.05) is 104 Å². The maximum atomic E-state index is 14.7. The highest BCUT2D eigenvalue weighted by molar-refractivity contribution is 6.02. The summed E-state index contributed by atoms with van der Waals surface area (Å²) in [6.07, 6.45) is 15.2. The van der Waals surface area contributed by atoms with Crippen LogP contribution in [0, 0.1) is 23.7 Å². The van der Waals surface area contributed by atoms with Gasteiger partial charge in [0.2, 0.25) is 35.0 Å². The predicted molar refractivity (Wildman–Crippen MR) is 432 cm³/mol. The van der Waals surface area contributed by atoms with Gasteiger partial charge in [0, 0.05) is 138 Å². The third-order valence-corrected chi connectivity index (χ3v) is 22.4. The molecule has 2 amide bonds. The number of aromatic hydroxyl groups is 2. The number of piperidine rings is 2. The van der Waals surface area contributed by atoms with Crippen LogP contribution < -0.4 is 41.4 Å². The second-order valence-electron chi connectivity index (χ2n) is 30.1. The molecule has 0 bridgehead atoms. The van der Waals surface area contributed by atoms with E-state index in [0.29, 0.717) is 146 Å². The molecule has 6 aliphatic rings. The molecular weight excluding hydrogens is 1430 g/mol. The third kappa shape index (κ3) is 19.8. The number of ether oxygens (including phenoxy) is 3. The summed E-state index contributed by atoms with van der Waals surface area (Å²) in [6.45, 7) is 18.5. The van der Waals surface area contributed by atoms with Gasteiger partial charge in [-0.25, -0.2) is 18.6 Å². The average Bonchev–Trinajstić information content (AvgIpc) is 1.20. The number of hydrogen-bond donors (Lipinski definition) is 5. The summed E-state index contributed by atoms with van der Waals surface area (Å²) in [5, 5.41) is 52.3. The van der Waals surface area contributed by atoms with Crippen LogP contribution in [0.3, 0.4) is 0 Å². The maximum Gasteiger partial charge on any atom is 0.247 e. The Labute approximate surface area is 659 Å². The van der Waals surface area contributed by atoms with E-state index >= 15 is 0 Å². The van der Waals surface area contributed by atoms with Crippen molar-refractivity contribution in [3.63, 3.8) is 0 Å². The normalized spacial score (nSPS) is 16.6. The van der Waals surface area contributed by atoms with Crippen molar-refractivity contribution in [3.8, 4) is 45.8 Å². The minimum Gasteiger partial charge on any atom is -0.508 e. The summed E-state index contributed by atoms with van der Waals surface area (Å²) in [5.41, 5.74) is 23.2. The fourth-order valence-electron chi connectivity index (χ4n) is 15.1. The minimum atomic E-state index is -0.725. The molecule has 14 rings (SSSR count). The first-order chi connectivity index (χ1) is 55.2. The van der Waals surface area contributed by atoms with E-state index in [4.69, 9.17) is 45.0 Å². The Morgan fingerprint density at radius 3 is 1.72 bits per heavy atom. The smallest absolute Gasteiger partial charge is 0.247 e. The molecule has 1 aliphatic carbocycles. The van der Waals surface area contributed by atoms with E-state index in [1.54, 1.807) is 75.0 Å². The average molecular weight is 1540 g/mol. The Morgan fingerprint density at radius 1 is 0.584 bits per heavy atom. The molecule has 113 heavy (non-hydrogen) atoms. The number of anilines is 4. The zero-order valence-electron chi connectivity index (χ0n) is 65.4. The quantitative estimate of drug-likeness (QED) is 0.0117. The fourth-order valence-corrected chi connectivity index (χ4v) is 15.1. The number of carbonyl (C=O) groups excluding carboxylic acids is 2. The van der Waals surface area contributed by atoms with Crippen LogP contribution in [0.2, 0.25) is 0 Å². The SMILES string of the molecule is CC[C@H](C)[C@H](N)c1cn([C@@H](Cc2ccc(O)cc2)C(=O)N2CCN(c3nc(NCCOCCOCCOCc4cn(CC#Cc5ccc(-c6c7ccc(=[N+]8CCCCC8)cc-7oc7cc(N8CCCCC8)ccc67)cc5)nn4)nc(N4CCN(C(=O)[C@H](Cc5ccc(O)cc5)n5cc([C@@H](N)[C@@H](C)CC)nn5)CC4)n3)CC2)nn1. The predicted octanol–water partition coefficient (Wildman–Crippen LogP) is 8.59. The van der Waals surface area contributed by atoms with Gasteiger partial charge < -0.3 is 70.1 Å². The minimum absolute atomic E-state index is 0.123. The molecule has 4 aromatic carbocycles. The summed E-state index contributed by atoms with van der Waals surface area (Å²) < 4.78 is 32.0. The second-order valence-corrected chi connectivity index (χ2v) is 30.1. The van der Waals surface area contributed by atoms with Crippen LogP contribution in [0.25, 0.3) is 33.4 Å². The number of phenols is 2. The van der Waals surface area contributed by atoms with Gasteiger partial charge in [-0.15, -0.1) is 15.3 Å². The first-order valence-corrected chi connectivity index (χ1v) is 40.2. The Hall–Kier alpha value is -10.9. The van der Waals surface area contributed by atoms with Gasteiger partial charge in [-0.3, -0.25) is 9.59 Å². The number of aromatic nitrogens is 12. The zero-order valence-corrected chi connectivity index (χ0v) is 65.4. The van der Waals surface area contributed by atoms with Crippen molar-refractivity contribution in [3.05, 3.63) is 167 Å². The molecule has 8 aromatic rings. The highest BCUT2D eigenvalue weighted by Gasteiger charge is 2.35. The number of hydrogen-bond acceptors (Lipinski definition) is 23. The first kappa shape index (κ1) is 78.8. The number of piperazine rings is 2. The van der Waals surface area contributed by atoms with Crippen LogP contribution in [-0.4, -0.2) is 210 Å². The Balaban J connectivity index is 0.568. The Kier molecular flexibility index (Phi) is 26.2. The van der Waals surface area contributed by atoms with E-state index in [1.807, 2.05) is 16.0 Å². The molecule has 0 radical (unpaired) electrons. The van der Waals surface area contributed by atoms with Crippen LogP contribution in [0.4, 0.5) is 23.5 Å². The van der Waals surface area contributed by atoms with E-state index < -0.39 is 12.1 Å². The Morgan fingerprint density at radius 2 is 1.14 bits per heavy atom.